The van der Waals surface area contributed by atoms with E-state index < -0.39 is 45.7 Å². The van der Waals surface area contributed by atoms with E-state index in [1.807, 2.05) is 13.8 Å². The van der Waals surface area contributed by atoms with E-state index >= 15 is 0 Å². The van der Waals surface area contributed by atoms with E-state index in [0.717, 1.165) is 6.42 Å². The summed E-state index contributed by atoms with van der Waals surface area (Å²) in [7, 11) is -4.34. The molecule has 0 fully saturated rings. The Bertz CT molecular complexity index is 879. The Balaban J connectivity index is 5.28. The summed E-state index contributed by atoms with van der Waals surface area (Å²) in [4.78, 5) is 37.4. The van der Waals surface area contributed by atoms with Gasteiger partial charge in [0.05, 0.1) is 4.91 Å². The molecule has 5 N–H and O–H groups in total. The highest BCUT2D eigenvalue weighted by Gasteiger charge is 2.28. The van der Waals surface area contributed by atoms with Gasteiger partial charge in [-0.05, 0) is 64.4 Å². The van der Waals surface area contributed by atoms with Crippen molar-refractivity contribution in [3.63, 3.8) is 0 Å². The molecule has 11 nitrogen and oxygen atoms in total. The Hall–Kier alpha value is -2.18. The van der Waals surface area contributed by atoms with E-state index in [0.29, 0.717) is 18.4 Å². The second-order valence-electron chi connectivity index (χ2n) is 10.1. The SMILES string of the molecule is CCC[C@H](CNC(=O)[C@H](C)NC(=O)[C@@H](NNC(=O)OC(C)(C)C)C(C)C)C(CC)=C(CC)S(=O)(=O)O. The van der Waals surface area contributed by atoms with Crippen molar-refractivity contribution in [2.75, 3.05) is 6.54 Å². The van der Waals surface area contributed by atoms with Crippen LogP contribution in [0.2, 0.25) is 0 Å². The molecule has 0 unspecified atom stereocenters. The average molecular weight is 535 g/mol. The van der Waals surface area contributed by atoms with Gasteiger partial charge in [-0.2, -0.15) is 8.42 Å². The summed E-state index contributed by atoms with van der Waals surface area (Å²) in [5.74, 6) is -1.41. The van der Waals surface area contributed by atoms with Crippen molar-refractivity contribution >= 4 is 28.0 Å². The third-order valence-electron chi connectivity index (χ3n) is 5.45. The predicted octanol–water partition coefficient (Wildman–Crippen LogP) is 3.04. The van der Waals surface area contributed by atoms with Gasteiger partial charge in [0, 0.05) is 6.54 Å². The highest BCUT2D eigenvalue weighted by atomic mass is 32.2. The summed E-state index contributed by atoms with van der Waals surface area (Å²) >= 11 is 0. The Morgan fingerprint density at radius 3 is 1.97 bits per heavy atom. The molecular weight excluding hydrogens is 488 g/mol. The van der Waals surface area contributed by atoms with Crippen LogP contribution < -0.4 is 21.5 Å². The van der Waals surface area contributed by atoms with E-state index in [1.165, 1.54) is 6.92 Å². The molecule has 0 aromatic heterocycles. The Morgan fingerprint density at radius 1 is 0.972 bits per heavy atom. The lowest BCUT2D eigenvalue weighted by Gasteiger charge is -2.26. The quantitative estimate of drug-likeness (QED) is 0.168. The van der Waals surface area contributed by atoms with Crippen molar-refractivity contribution in [2.45, 2.75) is 106 Å². The molecule has 0 aromatic carbocycles. The second-order valence-corrected chi connectivity index (χ2v) is 11.5. The average Bonchev–Trinajstić information content (AvgIpc) is 2.72. The molecule has 0 bridgehead atoms. The first-order chi connectivity index (χ1) is 16.5. The number of carbonyl (C=O) groups is 3. The molecule has 0 saturated heterocycles. The topological polar surface area (TPSA) is 163 Å². The van der Waals surface area contributed by atoms with Gasteiger partial charge >= 0.3 is 6.09 Å². The van der Waals surface area contributed by atoms with Crippen LogP contribution in [0, 0.1) is 11.8 Å². The van der Waals surface area contributed by atoms with Gasteiger partial charge in [0.25, 0.3) is 10.1 Å². The largest absolute Gasteiger partial charge is 0.443 e. The van der Waals surface area contributed by atoms with Crippen molar-refractivity contribution in [1.82, 2.24) is 21.5 Å². The van der Waals surface area contributed by atoms with Crippen LogP contribution in [0.3, 0.4) is 0 Å². The second kappa shape index (κ2) is 15.2. The maximum absolute atomic E-state index is 12.8. The summed E-state index contributed by atoms with van der Waals surface area (Å²) < 4.78 is 38.5. The van der Waals surface area contributed by atoms with Crippen LogP contribution in [-0.2, 0) is 24.4 Å². The van der Waals surface area contributed by atoms with E-state index in [2.05, 4.69) is 21.5 Å². The number of carbonyl (C=O) groups excluding carboxylic acids is 3. The molecule has 0 heterocycles. The van der Waals surface area contributed by atoms with Gasteiger partial charge in [-0.15, -0.1) is 0 Å². The normalized spacial score (nSPS) is 15.4. The molecule has 0 rings (SSSR count). The fourth-order valence-corrected chi connectivity index (χ4v) is 4.76. The molecule has 3 amide bonds. The van der Waals surface area contributed by atoms with Gasteiger partial charge < -0.3 is 15.4 Å². The predicted molar refractivity (Wildman–Crippen MR) is 139 cm³/mol. The molecular formula is C24H46N4O7S. The number of allylic oxidation sites excluding steroid dienone is 1. The molecule has 12 heteroatoms. The number of ether oxygens (including phenoxy) is 1. The standard InChI is InChI=1S/C24H46N4O7S/c1-10-13-17(18(11-2)19(12-3)36(32,33)34)14-25-21(29)16(6)26-22(30)20(15(4)5)27-28-23(31)35-24(7,8)9/h15-17,20,27H,10-14H2,1-9H3,(H,25,29)(H,26,30)(H,28,31)(H,32,33,34)/t16-,17+,20-/m0/s1. The summed E-state index contributed by atoms with van der Waals surface area (Å²) in [6.45, 7) is 15.9. The van der Waals surface area contributed by atoms with Gasteiger partial charge in [-0.1, -0.05) is 41.0 Å². The van der Waals surface area contributed by atoms with Crippen molar-refractivity contribution in [1.29, 1.82) is 0 Å². The molecule has 210 valence electrons. The first kappa shape index (κ1) is 33.8. The van der Waals surface area contributed by atoms with Gasteiger partial charge in [-0.25, -0.2) is 10.2 Å². The number of amides is 3. The van der Waals surface area contributed by atoms with Gasteiger partial charge in [0.2, 0.25) is 11.8 Å². The van der Waals surface area contributed by atoms with Crippen LogP contribution in [0.1, 0.15) is 88.0 Å². The van der Waals surface area contributed by atoms with E-state index in [-0.39, 0.29) is 29.7 Å². The van der Waals surface area contributed by atoms with Crippen LogP contribution in [-0.4, -0.2) is 55.1 Å². The van der Waals surface area contributed by atoms with E-state index in [4.69, 9.17) is 4.74 Å². The zero-order valence-corrected chi connectivity index (χ0v) is 24.0. The lowest BCUT2D eigenvalue weighted by molar-refractivity contribution is -0.130. The first-order valence-electron chi connectivity index (χ1n) is 12.5. The van der Waals surface area contributed by atoms with Crippen molar-refractivity contribution < 1.29 is 32.1 Å². The molecule has 0 aromatic rings. The number of hydrazine groups is 1. The molecule has 0 aliphatic carbocycles. The van der Waals surface area contributed by atoms with Crippen LogP contribution >= 0.6 is 0 Å². The summed E-state index contributed by atoms with van der Waals surface area (Å²) in [5, 5.41) is 5.42. The zero-order chi connectivity index (χ0) is 28.3. The van der Waals surface area contributed by atoms with Crippen molar-refractivity contribution in [2.24, 2.45) is 11.8 Å². The summed E-state index contributed by atoms with van der Waals surface area (Å²) in [5.41, 5.74) is 4.91. The molecule has 3 atom stereocenters. The number of hydrogen-bond donors (Lipinski definition) is 5. The third-order valence-corrected chi connectivity index (χ3v) is 6.63. The Labute approximate surface area is 216 Å². The maximum atomic E-state index is 12.8. The smallest absolute Gasteiger partial charge is 0.422 e. The molecule has 0 radical (unpaired) electrons. The molecule has 0 aliphatic heterocycles. The summed E-state index contributed by atoms with van der Waals surface area (Å²) in [6, 6.07) is -1.71. The maximum Gasteiger partial charge on any atom is 0.422 e. The monoisotopic (exact) mass is 534 g/mol. The number of nitrogens with one attached hydrogen (secondary N) is 4. The Morgan fingerprint density at radius 2 is 1.56 bits per heavy atom. The highest BCUT2D eigenvalue weighted by Crippen LogP contribution is 2.27. The fraction of sp³-hybridized carbons (Fsp3) is 0.792. The van der Waals surface area contributed by atoms with Crippen LogP contribution in [0.5, 0.6) is 0 Å². The lowest BCUT2D eigenvalue weighted by atomic mass is 9.91. The van der Waals surface area contributed by atoms with Crippen molar-refractivity contribution in [3.05, 3.63) is 10.5 Å². The third kappa shape index (κ3) is 12.2. The first-order valence-corrected chi connectivity index (χ1v) is 13.9. The lowest BCUT2D eigenvalue weighted by Crippen LogP contribution is -2.57. The van der Waals surface area contributed by atoms with E-state index in [1.54, 1.807) is 41.5 Å². The van der Waals surface area contributed by atoms with Gasteiger partial charge in [0.15, 0.2) is 0 Å². The minimum Gasteiger partial charge on any atom is -0.443 e. The number of hydrogen-bond acceptors (Lipinski definition) is 7. The highest BCUT2D eigenvalue weighted by molar-refractivity contribution is 7.89. The van der Waals surface area contributed by atoms with Gasteiger partial charge in [-0.3, -0.25) is 19.6 Å². The molecule has 0 spiro atoms. The summed E-state index contributed by atoms with van der Waals surface area (Å²) in [6.07, 6.45) is 1.22. The van der Waals surface area contributed by atoms with Gasteiger partial charge in [0.1, 0.15) is 17.7 Å². The minimum absolute atomic E-state index is 0.0117. The van der Waals surface area contributed by atoms with E-state index in [9.17, 15) is 27.4 Å². The van der Waals surface area contributed by atoms with Crippen LogP contribution in [0.4, 0.5) is 4.79 Å². The fourth-order valence-electron chi connectivity index (χ4n) is 3.76. The van der Waals surface area contributed by atoms with Crippen molar-refractivity contribution in [3.8, 4) is 0 Å². The van der Waals surface area contributed by atoms with Crippen LogP contribution in [0.25, 0.3) is 0 Å². The zero-order valence-electron chi connectivity index (χ0n) is 23.1. The van der Waals surface area contributed by atoms with Crippen LogP contribution in [0.15, 0.2) is 10.5 Å². The molecule has 0 aliphatic rings. The molecule has 0 saturated carbocycles. The Kier molecular flexibility index (Phi) is 14.2. The number of rotatable bonds is 14. The molecule has 36 heavy (non-hydrogen) atoms. The minimum atomic E-state index is -4.34.